The fourth-order valence-electron chi connectivity index (χ4n) is 4.73. The van der Waals surface area contributed by atoms with Gasteiger partial charge in [0.2, 0.25) is 11.8 Å². The molecule has 0 saturated heterocycles. The molecule has 4 aromatic rings. The maximum atomic E-state index is 13.2. The van der Waals surface area contributed by atoms with Crippen molar-refractivity contribution < 1.29 is 9.59 Å². The van der Waals surface area contributed by atoms with Crippen molar-refractivity contribution in [3.8, 4) is 11.1 Å². The van der Waals surface area contributed by atoms with E-state index in [0.717, 1.165) is 56.5 Å². The number of anilines is 1. The van der Waals surface area contributed by atoms with Gasteiger partial charge in [-0.3, -0.25) is 14.6 Å². The van der Waals surface area contributed by atoms with Crippen LogP contribution in [0.1, 0.15) is 41.8 Å². The van der Waals surface area contributed by atoms with Crippen LogP contribution >= 0.6 is 0 Å². The Morgan fingerprint density at radius 2 is 1.79 bits per heavy atom. The molecule has 5 heteroatoms. The van der Waals surface area contributed by atoms with Crippen LogP contribution < -0.4 is 10.6 Å². The minimum Gasteiger partial charge on any atom is -0.349 e. The van der Waals surface area contributed by atoms with Crippen LogP contribution in [0.3, 0.4) is 0 Å². The highest BCUT2D eigenvalue weighted by atomic mass is 16.2. The molecule has 0 radical (unpaired) electrons. The van der Waals surface area contributed by atoms with Gasteiger partial charge in [-0.1, -0.05) is 60.7 Å². The molecule has 0 bridgehead atoms. The summed E-state index contributed by atoms with van der Waals surface area (Å²) < 4.78 is 0. The number of hydrogen-bond donors (Lipinski definition) is 2. The fraction of sp³-hybridized carbons (Fsp3) is 0.207. The molecule has 1 aromatic heterocycles. The Balaban J connectivity index is 1.43. The number of hydrogen-bond acceptors (Lipinski definition) is 3. The maximum Gasteiger partial charge on any atom is 0.224 e. The van der Waals surface area contributed by atoms with Gasteiger partial charge in [0.1, 0.15) is 0 Å². The average molecular weight is 450 g/mol. The summed E-state index contributed by atoms with van der Waals surface area (Å²) >= 11 is 0. The topological polar surface area (TPSA) is 71.1 Å². The van der Waals surface area contributed by atoms with E-state index in [9.17, 15) is 9.59 Å². The largest absolute Gasteiger partial charge is 0.349 e. The van der Waals surface area contributed by atoms with Gasteiger partial charge in [-0.05, 0) is 60.2 Å². The summed E-state index contributed by atoms with van der Waals surface area (Å²) in [6.45, 7) is 3.97. The molecule has 170 valence electrons. The standard InChI is InChI=1S/C29H27N3O2/c1-18(21-12-14-25-22(16-21)13-15-27(33)32-25)31-28(34)17-24-19(2)30-26-11-7-6-10-23(26)29(24)20-8-4-3-5-9-20/h3-12,14,16,18H,13,15,17H2,1-2H3,(H,31,34)(H,32,33). The zero-order valence-electron chi connectivity index (χ0n) is 19.4. The zero-order chi connectivity index (χ0) is 23.7. The van der Waals surface area contributed by atoms with Gasteiger partial charge < -0.3 is 10.6 Å². The number of para-hydroxylation sites is 1. The summed E-state index contributed by atoms with van der Waals surface area (Å²) in [5.41, 5.74) is 7.89. The number of carbonyl (C=O) groups is 2. The number of aromatic nitrogens is 1. The molecular weight excluding hydrogens is 422 g/mol. The average Bonchev–Trinajstić information content (AvgIpc) is 2.84. The molecule has 1 aliphatic heterocycles. The van der Waals surface area contributed by atoms with Gasteiger partial charge >= 0.3 is 0 Å². The molecule has 1 unspecified atom stereocenters. The second kappa shape index (κ2) is 9.10. The lowest BCUT2D eigenvalue weighted by atomic mass is 9.92. The van der Waals surface area contributed by atoms with Crippen molar-refractivity contribution in [1.82, 2.24) is 10.3 Å². The normalized spacial score (nSPS) is 13.8. The zero-order valence-corrected chi connectivity index (χ0v) is 19.4. The van der Waals surface area contributed by atoms with Crippen LogP contribution in [0.25, 0.3) is 22.0 Å². The predicted molar refractivity (Wildman–Crippen MR) is 136 cm³/mol. The third-order valence-electron chi connectivity index (χ3n) is 6.50. The smallest absolute Gasteiger partial charge is 0.224 e. The molecule has 1 atom stereocenters. The van der Waals surface area contributed by atoms with E-state index < -0.39 is 0 Å². The third-order valence-corrected chi connectivity index (χ3v) is 6.50. The number of rotatable bonds is 5. The van der Waals surface area contributed by atoms with Crippen LogP contribution in [0.15, 0.2) is 72.8 Å². The van der Waals surface area contributed by atoms with Gasteiger partial charge in [0, 0.05) is 23.2 Å². The SMILES string of the molecule is Cc1nc2ccccc2c(-c2ccccc2)c1CC(=O)NC(C)c1ccc2c(c1)CCC(=O)N2. The number of aryl methyl sites for hydroxylation is 2. The monoisotopic (exact) mass is 449 g/mol. The molecule has 2 N–H and O–H groups in total. The van der Waals surface area contributed by atoms with Crippen LogP contribution in [-0.4, -0.2) is 16.8 Å². The van der Waals surface area contributed by atoms with Gasteiger partial charge in [0.05, 0.1) is 18.0 Å². The molecular formula is C29H27N3O2. The van der Waals surface area contributed by atoms with Crippen LogP contribution in [-0.2, 0) is 22.4 Å². The van der Waals surface area contributed by atoms with Crippen LogP contribution in [0.4, 0.5) is 5.69 Å². The van der Waals surface area contributed by atoms with Crippen molar-refractivity contribution >= 4 is 28.4 Å². The van der Waals surface area contributed by atoms with Crippen molar-refractivity contribution in [3.05, 3.63) is 95.2 Å². The summed E-state index contributed by atoms with van der Waals surface area (Å²) in [5.74, 6) is 0.00562. The number of benzene rings is 3. The summed E-state index contributed by atoms with van der Waals surface area (Å²) in [4.78, 5) is 29.6. The Kier molecular flexibility index (Phi) is 5.84. The van der Waals surface area contributed by atoms with E-state index in [1.165, 1.54) is 0 Å². The summed E-state index contributed by atoms with van der Waals surface area (Å²) in [5, 5.41) is 7.12. The van der Waals surface area contributed by atoms with Gasteiger partial charge in [-0.15, -0.1) is 0 Å². The molecule has 0 saturated carbocycles. The molecule has 0 fully saturated rings. The highest BCUT2D eigenvalue weighted by Crippen LogP contribution is 2.33. The number of carbonyl (C=O) groups excluding carboxylic acids is 2. The predicted octanol–water partition coefficient (Wildman–Crippen LogP) is 5.51. The molecule has 3 aromatic carbocycles. The van der Waals surface area contributed by atoms with Gasteiger partial charge in [0.25, 0.3) is 0 Å². The minimum absolute atomic E-state index is 0.0455. The Labute approximate surface area is 199 Å². The Hall–Kier alpha value is -3.99. The Morgan fingerprint density at radius 3 is 2.62 bits per heavy atom. The minimum atomic E-state index is -0.149. The first-order chi connectivity index (χ1) is 16.5. The van der Waals surface area contributed by atoms with E-state index in [0.29, 0.717) is 6.42 Å². The van der Waals surface area contributed by atoms with E-state index in [1.54, 1.807) is 0 Å². The molecule has 1 aliphatic rings. The van der Waals surface area contributed by atoms with Gasteiger partial charge in [0.15, 0.2) is 0 Å². The van der Waals surface area contributed by atoms with Crippen molar-refractivity contribution in [1.29, 1.82) is 0 Å². The molecule has 0 aliphatic carbocycles. The number of nitrogens with zero attached hydrogens (tertiary/aromatic N) is 1. The van der Waals surface area contributed by atoms with Gasteiger partial charge in [-0.25, -0.2) is 0 Å². The lowest BCUT2D eigenvalue weighted by Gasteiger charge is -2.21. The first kappa shape index (κ1) is 21.8. The van der Waals surface area contributed by atoms with Crippen LogP contribution in [0.5, 0.6) is 0 Å². The first-order valence-electron chi connectivity index (χ1n) is 11.7. The van der Waals surface area contributed by atoms with E-state index in [1.807, 2.05) is 62.4 Å². The van der Waals surface area contributed by atoms with Crippen molar-refractivity contribution in [2.75, 3.05) is 5.32 Å². The Morgan fingerprint density at radius 1 is 1.03 bits per heavy atom. The number of nitrogens with one attached hydrogen (secondary N) is 2. The summed E-state index contributed by atoms with van der Waals surface area (Å²) in [6.07, 6.45) is 1.46. The molecule has 0 spiro atoms. The highest BCUT2D eigenvalue weighted by Gasteiger charge is 2.20. The van der Waals surface area contributed by atoms with Crippen molar-refractivity contribution in [2.45, 2.75) is 39.2 Å². The number of amides is 2. The number of pyridine rings is 1. The second-order valence-corrected chi connectivity index (χ2v) is 8.86. The molecule has 5 nitrogen and oxygen atoms in total. The quantitative estimate of drug-likeness (QED) is 0.422. The fourth-order valence-corrected chi connectivity index (χ4v) is 4.73. The van der Waals surface area contributed by atoms with Crippen LogP contribution in [0.2, 0.25) is 0 Å². The third kappa shape index (κ3) is 4.29. The molecule has 5 rings (SSSR count). The summed E-state index contributed by atoms with van der Waals surface area (Å²) in [7, 11) is 0. The van der Waals surface area contributed by atoms with Gasteiger partial charge in [-0.2, -0.15) is 0 Å². The lowest BCUT2D eigenvalue weighted by Crippen LogP contribution is -2.29. The van der Waals surface area contributed by atoms with Crippen LogP contribution in [0, 0.1) is 6.92 Å². The molecule has 34 heavy (non-hydrogen) atoms. The van der Waals surface area contributed by atoms with Crippen molar-refractivity contribution in [2.24, 2.45) is 0 Å². The lowest BCUT2D eigenvalue weighted by molar-refractivity contribution is -0.121. The van der Waals surface area contributed by atoms with E-state index in [4.69, 9.17) is 4.98 Å². The highest BCUT2D eigenvalue weighted by molar-refractivity contribution is 5.98. The number of fused-ring (bicyclic) bond motifs is 2. The summed E-state index contributed by atoms with van der Waals surface area (Å²) in [6, 6.07) is 24.1. The van der Waals surface area contributed by atoms with Crippen molar-refractivity contribution in [3.63, 3.8) is 0 Å². The second-order valence-electron chi connectivity index (χ2n) is 8.86. The molecule has 2 heterocycles. The molecule has 2 amide bonds. The van der Waals surface area contributed by atoms with E-state index in [2.05, 4.69) is 34.9 Å². The first-order valence-corrected chi connectivity index (χ1v) is 11.7. The van der Waals surface area contributed by atoms with E-state index >= 15 is 0 Å². The van der Waals surface area contributed by atoms with E-state index in [-0.39, 0.29) is 24.3 Å². The Bertz CT molecular complexity index is 1400. The maximum absolute atomic E-state index is 13.2.